The van der Waals surface area contributed by atoms with Crippen LogP contribution in [-0.4, -0.2) is 72.3 Å². The molecule has 0 spiro atoms. The van der Waals surface area contributed by atoms with Gasteiger partial charge < -0.3 is 10.2 Å². The van der Waals surface area contributed by atoms with E-state index in [0.717, 1.165) is 19.4 Å². The van der Waals surface area contributed by atoms with Crippen LogP contribution in [0.3, 0.4) is 0 Å². The van der Waals surface area contributed by atoms with E-state index in [-0.39, 0.29) is 24.2 Å². The van der Waals surface area contributed by atoms with Crippen molar-refractivity contribution in [3.8, 4) is 0 Å². The van der Waals surface area contributed by atoms with Gasteiger partial charge in [0.1, 0.15) is 5.82 Å². The average molecular weight is 431 g/mol. The number of hydrogen-bond donors (Lipinski definition) is 1. The molecule has 2 saturated heterocycles. The number of benzene rings is 1. The Bertz CT molecular complexity index is 868. The van der Waals surface area contributed by atoms with E-state index >= 15 is 0 Å². The van der Waals surface area contributed by atoms with Crippen molar-refractivity contribution in [2.75, 3.05) is 51.1 Å². The van der Waals surface area contributed by atoms with Crippen molar-refractivity contribution in [1.29, 1.82) is 0 Å². The smallest absolute Gasteiger partial charge is 0.238 e. The van der Waals surface area contributed by atoms with Crippen LogP contribution in [0.4, 0.5) is 10.1 Å². The van der Waals surface area contributed by atoms with Crippen LogP contribution in [0.5, 0.6) is 0 Å². The van der Waals surface area contributed by atoms with Crippen molar-refractivity contribution >= 4 is 28.8 Å². The van der Waals surface area contributed by atoms with Crippen LogP contribution in [0.1, 0.15) is 23.8 Å². The minimum absolute atomic E-state index is 0.169. The summed E-state index contributed by atoms with van der Waals surface area (Å²) in [6.45, 7) is 4.25. The molecule has 2 amide bonds. The topological polar surface area (TPSA) is 55.9 Å². The Labute approximate surface area is 180 Å². The Kier molecular flexibility index (Phi) is 6.76. The minimum Gasteiger partial charge on any atom is -0.339 e. The Balaban J connectivity index is 1.22. The summed E-state index contributed by atoms with van der Waals surface area (Å²) in [5.74, 6) is -0.377. The second-order valence-corrected chi connectivity index (χ2v) is 8.84. The molecular formula is C22H27FN4O2S. The van der Waals surface area contributed by atoms with E-state index in [1.807, 2.05) is 9.80 Å². The second-order valence-electron chi connectivity index (χ2n) is 7.86. The predicted octanol–water partition coefficient (Wildman–Crippen LogP) is 2.81. The lowest BCUT2D eigenvalue weighted by Crippen LogP contribution is -2.52. The van der Waals surface area contributed by atoms with Gasteiger partial charge in [-0.3, -0.25) is 19.4 Å². The van der Waals surface area contributed by atoms with Crippen LogP contribution in [0.25, 0.3) is 0 Å². The SMILES string of the molecule is O=C(CN1CCN(C(=O)CN2CCC[C@@H]2c2cccs2)CC1)Nc1cccc(F)c1. The molecule has 2 fully saturated rings. The molecular weight excluding hydrogens is 403 g/mol. The van der Waals surface area contributed by atoms with Crippen LogP contribution in [0.2, 0.25) is 0 Å². The summed E-state index contributed by atoms with van der Waals surface area (Å²) in [5, 5.41) is 4.82. The Morgan fingerprint density at radius 3 is 2.63 bits per heavy atom. The number of nitrogens with one attached hydrogen (secondary N) is 1. The molecule has 0 bridgehead atoms. The van der Waals surface area contributed by atoms with Crippen LogP contribution < -0.4 is 5.32 Å². The first-order valence-electron chi connectivity index (χ1n) is 10.4. The fourth-order valence-electron chi connectivity index (χ4n) is 4.22. The lowest BCUT2D eigenvalue weighted by Gasteiger charge is -2.35. The first-order chi connectivity index (χ1) is 14.6. The van der Waals surface area contributed by atoms with Gasteiger partial charge >= 0.3 is 0 Å². The molecule has 1 N–H and O–H groups in total. The van der Waals surface area contributed by atoms with Gasteiger partial charge in [-0.25, -0.2) is 4.39 Å². The fourth-order valence-corrected chi connectivity index (χ4v) is 5.11. The van der Waals surface area contributed by atoms with Gasteiger partial charge in [0.25, 0.3) is 0 Å². The molecule has 3 heterocycles. The third kappa shape index (κ3) is 5.24. The maximum Gasteiger partial charge on any atom is 0.238 e. The van der Waals surface area contributed by atoms with Crippen LogP contribution >= 0.6 is 11.3 Å². The second kappa shape index (κ2) is 9.68. The van der Waals surface area contributed by atoms with Gasteiger partial charge in [-0.15, -0.1) is 11.3 Å². The molecule has 1 atom stereocenters. The number of hydrogen-bond acceptors (Lipinski definition) is 5. The monoisotopic (exact) mass is 430 g/mol. The van der Waals surface area contributed by atoms with Gasteiger partial charge in [-0.2, -0.15) is 0 Å². The van der Waals surface area contributed by atoms with Crippen LogP contribution in [0, 0.1) is 5.82 Å². The van der Waals surface area contributed by atoms with E-state index in [1.54, 1.807) is 23.5 Å². The zero-order valence-electron chi connectivity index (χ0n) is 16.9. The van der Waals surface area contributed by atoms with Crippen LogP contribution in [-0.2, 0) is 9.59 Å². The molecule has 4 rings (SSSR count). The summed E-state index contributed by atoms with van der Waals surface area (Å²) in [7, 11) is 0. The number of thiophene rings is 1. The van der Waals surface area contributed by atoms with Gasteiger partial charge in [0.2, 0.25) is 11.8 Å². The zero-order chi connectivity index (χ0) is 20.9. The maximum atomic E-state index is 13.2. The number of nitrogens with zero attached hydrogens (tertiary/aromatic N) is 3. The number of piperazine rings is 1. The molecule has 30 heavy (non-hydrogen) atoms. The summed E-state index contributed by atoms with van der Waals surface area (Å²) >= 11 is 1.76. The molecule has 1 aromatic carbocycles. The largest absolute Gasteiger partial charge is 0.339 e. The summed E-state index contributed by atoms with van der Waals surface area (Å²) < 4.78 is 13.2. The normalized spacial score (nSPS) is 20.4. The minimum atomic E-state index is -0.376. The quantitative estimate of drug-likeness (QED) is 0.766. The van der Waals surface area contributed by atoms with Crippen molar-refractivity contribution < 1.29 is 14.0 Å². The molecule has 160 valence electrons. The highest BCUT2D eigenvalue weighted by molar-refractivity contribution is 7.10. The average Bonchev–Trinajstić information content (AvgIpc) is 3.40. The van der Waals surface area contributed by atoms with Gasteiger partial charge in [0.15, 0.2) is 0 Å². The zero-order valence-corrected chi connectivity index (χ0v) is 17.7. The van der Waals surface area contributed by atoms with Crippen molar-refractivity contribution in [3.63, 3.8) is 0 Å². The van der Waals surface area contributed by atoms with E-state index in [1.165, 1.54) is 17.0 Å². The highest BCUT2D eigenvalue weighted by Gasteiger charge is 2.30. The number of anilines is 1. The predicted molar refractivity (Wildman–Crippen MR) is 116 cm³/mol. The summed E-state index contributed by atoms with van der Waals surface area (Å²) in [6.07, 6.45) is 2.24. The number of amides is 2. The number of likely N-dealkylation sites (tertiary alicyclic amines) is 1. The van der Waals surface area contributed by atoms with Crippen molar-refractivity contribution in [1.82, 2.24) is 14.7 Å². The van der Waals surface area contributed by atoms with E-state index < -0.39 is 0 Å². The van der Waals surface area contributed by atoms with Crippen molar-refractivity contribution in [2.45, 2.75) is 18.9 Å². The lowest BCUT2D eigenvalue weighted by atomic mass is 10.2. The third-order valence-corrected chi connectivity index (χ3v) is 6.75. The molecule has 0 saturated carbocycles. The van der Waals surface area contributed by atoms with Crippen molar-refractivity contribution in [2.24, 2.45) is 0 Å². The van der Waals surface area contributed by atoms with Gasteiger partial charge in [0.05, 0.1) is 13.1 Å². The van der Waals surface area contributed by atoms with Crippen LogP contribution in [0.15, 0.2) is 41.8 Å². The maximum absolute atomic E-state index is 13.2. The Morgan fingerprint density at radius 2 is 1.90 bits per heavy atom. The molecule has 0 radical (unpaired) electrons. The lowest BCUT2D eigenvalue weighted by molar-refractivity contribution is -0.134. The third-order valence-electron chi connectivity index (χ3n) is 5.77. The molecule has 2 aromatic rings. The van der Waals surface area contributed by atoms with E-state index in [4.69, 9.17) is 0 Å². The van der Waals surface area contributed by atoms with Gasteiger partial charge in [0, 0.05) is 42.8 Å². The molecule has 0 unspecified atom stereocenters. The van der Waals surface area contributed by atoms with Gasteiger partial charge in [-0.1, -0.05) is 12.1 Å². The number of carbonyl (C=O) groups excluding carboxylic acids is 2. The summed E-state index contributed by atoms with van der Waals surface area (Å²) in [6, 6.07) is 10.5. The number of carbonyl (C=O) groups is 2. The first kappa shape index (κ1) is 21.0. The molecule has 8 heteroatoms. The number of halogens is 1. The first-order valence-corrected chi connectivity index (χ1v) is 11.3. The van der Waals surface area contributed by atoms with Gasteiger partial charge in [-0.05, 0) is 49.0 Å². The highest BCUT2D eigenvalue weighted by Crippen LogP contribution is 2.34. The van der Waals surface area contributed by atoms with E-state index in [2.05, 4.69) is 27.7 Å². The van der Waals surface area contributed by atoms with Crippen molar-refractivity contribution in [3.05, 3.63) is 52.5 Å². The molecule has 2 aliphatic heterocycles. The molecule has 1 aromatic heterocycles. The van der Waals surface area contributed by atoms with E-state index in [9.17, 15) is 14.0 Å². The number of rotatable bonds is 6. The standard InChI is InChI=1S/C22H27FN4O2S/c23-17-4-1-5-18(14-17)24-21(28)15-25-9-11-26(12-10-25)22(29)16-27-8-2-6-19(27)20-7-3-13-30-20/h1,3-5,7,13-14,19H,2,6,8-12,15-16H2,(H,24,28)/t19-/m1/s1. The Hall–Kier alpha value is -2.29. The van der Waals surface area contributed by atoms with E-state index in [0.29, 0.717) is 44.5 Å². The summed E-state index contributed by atoms with van der Waals surface area (Å²) in [4.78, 5) is 32.6. The molecule has 0 aliphatic carbocycles. The highest BCUT2D eigenvalue weighted by atomic mass is 32.1. The fraction of sp³-hybridized carbons (Fsp3) is 0.455. The Morgan fingerprint density at radius 1 is 1.07 bits per heavy atom. The summed E-state index contributed by atoms with van der Waals surface area (Å²) in [5.41, 5.74) is 0.458. The molecule has 2 aliphatic rings. The molecule has 6 nitrogen and oxygen atoms in total.